The zero-order valence-electron chi connectivity index (χ0n) is 24.4. The number of carbonyl (C=O) groups excluding carboxylic acids is 2. The molecule has 0 radical (unpaired) electrons. The third-order valence-electron chi connectivity index (χ3n) is 6.02. The summed E-state index contributed by atoms with van der Waals surface area (Å²) >= 11 is 0. The first-order valence-electron chi connectivity index (χ1n) is 14.7. The lowest BCUT2D eigenvalue weighted by Crippen LogP contribution is -2.43. The molecular formula is C28H52NO10P. The fraction of sp³-hybridized carbons (Fsp3) is 0.821. The number of rotatable bonds is 27. The number of ether oxygens (including phenoxy) is 1. The topological polar surface area (TPSA) is 169 Å². The van der Waals surface area contributed by atoms with Crippen LogP contribution in [0.15, 0.2) is 12.2 Å². The van der Waals surface area contributed by atoms with E-state index in [9.17, 15) is 28.9 Å². The Morgan fingerprint density at radius 3 is 1.90 bits per heavy atom. The van der Waals surface area contributed by atoms with Crippen LogP contribution in [0.5, 0.6) is 0 Å². The van der Waals surface area contributed by atoms with E-state index < -0.39 is 57.6 Å². The van der Waals surface area contributed by atoms with Crippen molar-refractivity contribution in [3.8, 4) is 0 Å². The first-order chi connectivity index (χ1) is 19.1. The molecule has 0 aromatic rings. The van der Waals surface area contributed by atoms with Crippen LogP contribution >= 0.6 is 7.82 Å². The Kier molecular flexibility index (Phi) is 23.9. The van der Waals surface area contributed by atoms with Crippen molar-refractivity contribution in [2.45, 2.75) is 129 Å². The van der Waals surface area contributed by atoms with Gasteiger partial charge in [0.25, 0.3) is 0 Å². The Hall–Kier alpha value is -1.78. The van der Waals surface area contributed by atoms with Crippen LogP contribution in [0.3, 0.4) is 0 Å². The van der Waals surface area contributed by atoms with Crippen molar-refractivity contribution < 1.29 is 47.8 Å². The second kappa shape index (κ2) is 25.0. The lowest BCUT2D eigenvalue weighted by atomic mass is 10.1. The van der Waals surface area contributed by atoms with Crippen molar-refractivity contribution >= 4 is 25.7 Å². The van der Waals surface area contributed by atoms with Gasteiger partial charge in [-0.2, -0.15) is 0 Å². The molecule has 0 aromatic heterocycles. The minimum atomic E-state index is -4.71. The first-order valence-corrected chi connectivity index (χ1v) is 16.2. The molecule has 0 bridgehead atoms. The van der Waals surface area contributed by atoms with Crippen LogP contribution < -0.4 is 5.32 Å². The van der Waals surface area contributed by atoms with Gasteiger partial charge in [0.15, 0.2) is 6.04 Å². The Labute approximate surface area is 239 Å². The molecule has 0 aliphatic heterocycles. The molecule has 4 N–H and O–H groups in total. The maximum atomic E-state index is 11.9. The summed E-state index contributed by atoms with van der Waals surface area (Å²) in [5, 5.41) is 21.1. The molecule has 0 aromatic carbocycles. The quantitative estimate of drug-likeness (QED) is 0.0417. The number of esters is 1. The highest BCUT2D eigenvalue weighted by Crippen LogP contribution is 2.43. The molecule has 0 rings (SSSR count). The van der Waals surface area contributed by atoms with Gasteiger partial charge in [-0.1, -0.05) is 77.4 Å². The fourth-order valence-corrected chi connectivity index (χ4v) is 4.48. The smallest absolute Gasteiger partial charge is 0.472 e. The summed E-state index contributed by atoms with van der Waals surface area (Å²) in [6, 6.07) is -1.54. The molecule has 0 saturated carbocycles. The molecule has 234 valence electrons. The van der Waals surface area contributed by atoms with Crippen molar-refractivity contribution in [1.82, 2.24) is 5.32 Å². The van der Waals surface area contributed by atoms with Gasteiger partial charge in [-0.15, -0.1) is 0 Å². The van der Waals surface area contributed by atoms with E-state index in [0.717, 1.165) is 38.5 Å². The molecule has 12 heteroatoms. The van der Waals surface area contributed by atoms with Crippen LogP contribution in [0.1, 0.15) is 117 Å². The van der Waals surface area contributed by atoms with Crippen molar-refractivity contribution in [2.75, 3.05) is 19.8 Å². The van der Waals surface area contributed by atoms with Crippen LogP contribution in [0.4, 0.5) is 0 Å². The number of aliphatic carboxylic acids is 1. The molecule has 40 heavy (non-hydrogen) atoms. The molecule has 3 atom stereocenters. The predicted molar refractivity (Wildman–Crippen MR) is 153 cm³/mol. The summed E-state index contributed by atoms with van der Waals surface area (Å²) in [5.74, 6) is -2.46. The van der Waals surface area contributed by atoms with Gasteiger partial charge in [-0.25, -0.2) is 9.36 Å². The number of amides is 1. The van der Waals surface area contributed by atoms with Crippen LogP contribution in [-0.4, -0.2) is 64.9 Å². The number of phosphoric acid groups is 1. The summed E-state index contributed by atoms with van der Waals surface area (Å²) in [5.41, 5.74) is 0. The number of aliphatic hydroxyl groups excluding tert-OH is 1. The second-order valence-electron chi connectivity index (χ2n) is 9.94. The molecule has 0 fully saturated rings. The highest BCUT2D eigenvalue weighted by atomic mass is 31.2. The van der Waals surface area contributed by atoms with Gasteiger partial charge >= 0.3 is 19.8 Å². The number of aliphatic hydroxyl groups is 1. The molecule has 0 saturated heterocycles. The molecule has 0 aliphatic carbocycles. The Bertz CT molecular complexity index is 761. The largest absolute Gasteiger partial charge is 0.480 e. The summed E-state index contributed by atoms with van der Waals surface area (Å²) in [4.78, 5) is 44.3. The summed E-state index contributed by atoms with van der Waals surface area (Å²) < 4.78 is 26.2. The van der Waals surface area contributed by atoms with Gasteiger partial charge in [-0.3, -0.25) is 18.6 Å². The molecular weight excluding hydrogens is 541 g/mol. The maximum Gasteiger partial charge on any atom is 0.472 e. The number of carbonyl (C=O) groups is 3. The average molecular weight is 594 g/mol. The summed E-state index contributed by atoms with van der Waals surface area (Å²) in [6.07, 6.45) is 19.0. The normalized spacial score (nSPS) is 14.5. The van der Waals surface area contributed by atoms with E-state index >= 15 is 0 Å². The van der Waals surface area contributed by atoms with E-state index in [1.54, 1.807) is 6.92 Å². The van der Waals surface area contributed by atoms with Crippen molar-refractivity contribution in [3.05, 3.63) is 12.2 Å². The van der Waals surface area contributed by atoms with E-state index in [1.165, 1.54) is 38.5 Å². The zero-order valence-corrected chi connectivity index (χ0v) is 25.3. The number of nitrogens with one attached hydrogen (secondary N) is 1. The average Bonchev–Trinajstić information content (AvgIpc) is 2.91. The number of hydrogen-bond donors (Lipinski definition) is 4. The number of carboxylic acid groups (broad SMARTS) is 1. The predicted octanol–water partition coefficient (Wildman–Crippen LogP) is 5.43. The summed E-state index contributed by atoms with van der Waals surface area (Å²) in [7, 11) is -4.71. The summed E-state index contributed by atoms with van der Waals surface area (Å²) in [6.45, 7) is 2.07. The Balaban J connectivity index is 3.85. The van der Waals surface area contributed by atoms with E-state index in [4.69, 9.17) is 9.84 Å². The van der Waals surface area contributed by atoms with Gasteiger partial charge in [-0.05, 0) is 38.5 Å². The number of phosphoric ester groups is 1. The minimum absolute atomic E-state index is 0.0965. The Morgan fingerprint density at radius 1 is 0.775 bits per heavy atom. The first kappa shape index (κ1) is 38.2. The highest BCUT2D eigenvalue weighted by molar-refractivity contribution is 7.47. The highest BCUT2D eigenvalue weighted by Gasteiger charge is 2.28. The van der Waals surface area contributed by atoms with Crippen LogP contribution in [0.25, 0.3) is 0 Å². The van der Waals surface area contributed by atoms with Crippen molar-refractivity contribution in [1.29, 1.82) is 0 Å². The van der Waals surface area contributed by atoms with Gasteiger partial charge < -0.3 is 25.2 Å². The lowest BCUT2D eigenvalue weighted by Gasteiger charge is -2.18. The number of unbranched alkanes of at least 4 members (excludes halogenated alkanes) is 11. The fourth-order valence-electron chi connectivity index (χ4n) is 3.70. The van der Waals surface area contributed by atoms with Crippen molar-refractivity contribution in [3.63, 3.8) is 0 Å². The second-order valence-corrected chi connectivity index (χ2v) is 11.4. The minimum Gasteiger partial charge on any atom is -0.480 e. The van der Waals surface area contributed by atoms with E-state index in [1.807, 2.05) is 0 Å². The molecule has 11 nitrogen and oxygen atoms in total. The molecule has 1 amide bonds. The third-order valence-corrected chi connectivity index (χ3v) is 6.97. The molecule has 0 heterocycles. The lowest BCUT2D eigenvalue weighted by molar-refractivity contribution is -0.147. The maximum absolute atomic E-state index is 11.9. The van der Waals surface area contributed by atoms with Gasteiger partial charge in [0.1, 0.15) is 12.7 Å². The van der Waals surface area contributed by atoms with Gasteiger partial charge in [0.2, 0.25) is 5.91 Å². The van der Waals surface area contributed by atoms with Gasteiger partial charge in [0, 0.05) is 12.8 Å². The van der Waals surface area contributed by atoms with E-state index in [2.05, 4.69) is 33.4 Å². The molecule has 0 spiro atoms. The van der Waals surface area contributed by atoms with Crippen LogP contribution in [-0.2, 0) is 32.7 Å². The van der Waals surface area contributed by atoms with Crippen LogP contribution in [0.2, 0.25) is 0 Å². The van der Waals surface area contributed by atoms with Crippen LogP contribution in [0, 0.1) is 0 Å². The zero-order chi connectivity index (χ0) is 30.1. The number of hydrogen-bond acceptors (Lipinski definition) is 8. The Morgan fingerprint density at radius 2 is 1.32 bits per heavy atom. The molecule has 3 unspecified atom stereocenters. The number of allylic oxidation sites excluding steroid dienone is 2. The third kappa shape index (κ3) is 24.1. The van der Waals surface area contributed by atoms with E-state index in [-0.39, 0.29) is 12.8 Å². The van der Waals surface area contributed by atoms with Crippen molar-refractivity contribution in [2.24, 2.45) is 0 Å². The van der Waals surface area contributed by atoms with Gasteiger partial charge in [0.05, 0.1) is 13.2 Å². The SMILES string of the molecule is CCCCCCCC/C=C\CCCCCCCC(=O)OCC(O)COP(=O)(O)OCC(NC(=O)CCC)C(=O)O. The monoisotopic (exact) mass is 593 g/mol. The number of carboxylic acids is 1. The standard InChI is InChI=1S/C28H52NO10P/c1-3-5-6-7-8-9-10-11-12-13-14-15-16-17-18-20-27(32)37-21-24(30)22-38-40(35,36)39-23-25(28(33)34)29-26(31)19-4-2/h11-12,24-25,30H,3-10,13-23H2,1-2H3,(H,29,31)(H,33,34)(H,35,36)/b12-11-. The van der Waals surface area contributed by atoms with E-state index in [0.29, 0.717) is 12.8 Å². The molecule has 0 aliphatic rings.